The fourth-order valence-corrected chi connectivity index (χ4v) is 3.63. The summed E-state index contributed by atoms with van der Waals surface area (Å²) in [6.45, 7) is 5.52. The third-order valence-electron chi connectivity index (χ3n) is 5.55. The van der Waals surface area contributed by atoms with Crippen LogP contribution in [0.25, 0.3) is 11.3 Å². The molecule has 3 heterocycles. The highest BCUT2D eigenvalue weighted by Gasteiger charge is 2.35. The Hall–Kier alpha value is -3.48. The Morgan fingerprint density at radius 1 is 1.13 bits per heavy atom. The zero-order valence-electron chi connectivity index (χ0n) is 17.2. The number of benzene rings is 1. The third kappa shape index (κ3) is 4.25. The summed E-state index contributed by atoms with van der Waals surface area (Å²) in [5.41, 5.74) is 5.06. The number of nitrogens with one attached hydrogen (secondary N) is 1. The van der Waals surface area contributed by atoms with Crippen LogP contribution in [0.1, 0.15) is 17.5 Å². The lowest BCUT2D eigenvalue weighted by atomic mass is 10.1. The summed E-state index contributed by atoms with van der Waals surface area (Å²) in [5, 5.41) is 7.48. The molecule has 1 atom stereocenters. The van der Waals surface area contributed by atoms with Crippen LogP contribution in [-0.2, 0) is 16.1 Å². The lowest BCUT2D eigenvalue weighted by Gasteiger charge is -2.18. The predicted octanol–water partition coefficient (Wildman–Crippen LogP) is 2.73. The molecule has 1 aliphatic heterocycles. The number of carbonyl (C=O) groups excluding carboxylic acids is 2. The van der Waals surface area contributed by atoms with E-state index in [-0.39, 0.29) is 24.2 Å². The van der Waals surface area contributed by atoms with Crippen molar-refractivity contribution < 1.29 is 9.59 Å². The molecule has 0 saturated carbocycles. The Balaban J connectivity index is 1.30. The van der Waals surface area contributed by atoms with Crippen LogP contribution in [0.4, 0.5) is 5.69 Å². The average molecular weight is 403 g/mol. The summed E-state index contributed by atoms with van der Waals surface area (Å²) >= 11 is 0. The Labute approximate surface area is 175 Å². The number of aromatic nitrogens is 3. The third-order valence-corrected chi connectivity index (χ3v) is 5.55. The average Bonchev–Trinajstić information content (AvgIpc) is 3.38. The van der Waals surface area contributed by atoms with E-state index >= 15 is 0 Å². The molecule has 154 valence electrons. The van der Waals surface area contributed by atoms with Gasteiger partial charge in [0.15, 0.2) is 0 Å². The summed E-state index contributed by atoms with van der Waals surface area (Å²) in [6.07, 6.45) is 5.60. The first-order valence-corrected chi connectivity index (χ1v) is 10.1. The maximum Gasteiger partial charge on any atom is 0.227 e. The molecule has 2 aromatic heterocycles. The van der Waals surface area contributed by atoms with Crippen LogP contribution < -0.4 is 10.2 Å². The second kappa shape index (κ2) is 8.49. The van der Waals surface area contributed by atoms with Gasteiger partial charge in [0.2, 0.25) is 11.8 Å². The minimum atomic E-state index is -0.330. The first kappa shape index (κ1) is 19.8. The monoisotopic (exact) mass is 403 g/mol. The standard InChI is InChI=1S/C23H25N5O2/c1-16-3-4-20(13-17(16)2)28-15-19(14-22(28)29)23(30)25-10-12-27-11-7-21(26-27)18-5-8-24-9-6-18/h3-9,11,13,19H,10,12,14-15H2,1-2H3,(H,25,30)/t19-/m1/s1. The van der Waals surface area contributed by atoms with E-state index in [1.807, 2.05) is 56.4 Å². The highest BCUT2D eigenvalue weighted by molar-refractivity contribution is 6.00. The van der Waals surface area contributed by atoms with Gasteiger partial charge in [-0.05, 0) is 55.3 Å². The minimum absolute atomic E-state index is 0.00697. The van der Waals surface area contributed by atoms with Crippen LogP contribution in [0.3, 0.4) is 0 Å². The number of pyridine rings is 1. The molecule has 7 nitrogen and oxygen atoms in total. The molecule has 30 heavy (non-hydrogen) atoms. The van der Waals surface area contributed by atoms with Gasteiger partial charge >= 0.3 is 0 Å². The van der Waals surface area contributed by atoms with Gasteiger partial charge in [0.1, 0.15) is 0 Å². The van der Waals surface area contributed by atoms with Crippen molar-refractivity contribution in [2.45, 2.75) is 26.8 Å². The van der Waals surface area contributed by atoms with Crippen LogP contribution >= 0.6 is 0 Å². The summed E-state index contributed by atoms with van der Waals surface area (Å²) in [5.74, 6) is -0.423. The molecule has 4 rings (SSSR count). The maximum absolute atomic E-state index is 12.6. The van der Waals surface area contributed by atoms with Gasteiger partial charge in [-0.1, -0.05) is 6.07 Å². The zero-order valence-corrected chi connectivity index (χ0v) is 17.2. The summed E-state index contributed by atoms with van der Waals surface area (Å²) < 4.78 is 1.80. The number of aryl methyl sites for hydroxylation is 2. The van der Waals surface area contributed by atoms with Crippen molar-refractivity contribution in [1.82, 2.24) is 20.1 Å². The van der Waals surface area contributed by atoms with Gasteiger partial charge in [-0.3, -0.25) is 19.3 Å². The van der Waals surface area contributed by atoms with Crippen LogP contribution in [0.2, 0.25) is 0 Å². The zero-order chi connectivity index (χ0) is 21.1. The Morgan fingerprint density at radius 3 is 2.70 bits per heavy atom. The quantitative estimate of drug-likeness (QED) is 0.686. The molecule has 0 aliphatic carbocycles. The largest absolute Gasteiger partial charge is 0.354 e. The molecule has 3 aromatic rings. The van der Waals surface area contributed by atoms with Gasteiger partial charge in [-0.15, -0.1) is 0 Å². The Kier molecular flexibility index (Phi) is 5.61. The van der Waals surface area contributed by atoms with E-state index in [2.05, 4.69) is 15.4 Å². The second-order valence-corrected chi connectivity index (χ2v) is 7.66. The number of hydrogen-bond donors (Lipinski definition) is 1. The van der Waals surface area contributed by atoms with Crippen molar-refractivity contribution in [3.8, 4) is 11.3 Å². The summed E-state index contributed by atoms with van der Waals surface area (Å²) in [6, 6.07) is 11.7. The lowest BCUT2D eigenvalue weighted by molar-refractivity contribution is -0.126. The van der Waals surface area contributed by atoms with Crippen LogP contribution in [0.5, 0.6) is 0 Å². The van der Waals surface area contributed by atoms with Gasteiger partial charge in [0, 0.05) is 49.4 Å². The molecule has 0 spiro atoms. The first-order valence-electron chi connectivity index (χ1n) is 10.1. The topological polar surface area (TPSA) is 80.1 Å². The summed E-state index contributed by atoms with van der Waals surface area (Å²) in [7, 11) is 0. The maximum atomic E-state index is 12.6. The molecular weight excluding hydrogens is 378 g/mol. The van der Waals surface area contributed by atoms with Crippen LogP contribution in [0.15, 0.2) is 55.0 Å². The molecule has 0 bridgehead atoms. The van der Waals surface area contributed by atoms with Crippen molar-refractivity contribution >= 4 is 17.5 Å². The molecule has 2 amide bonds. The highest BCUT2D eigenvalue weighted by Crippen LogP contribution is 2.27. The van der Waals surface area contributed by atoms with Crippen LogP contribution in [0, 0.1) is 19.8 Å². The fourth-order valence-electron chi connectivity index (χ4n) is 3.63. The second-order valence-electron chi connectivity index (χ2n) is 7.66. The molecule has 0 radical (unpaired) electrons. The van der Waals surface area contributed by atoms with Gasteiger partial charge < -0.3 is 10.2 Å². The minimum Gasteiger partial charge on any atom is -0.354 e. The van der Waals surface area contributed by atoms with E-state index in [9.17, 15) is 9.59 Å². The molecule has 1 N–H and O–H groups in total. The van der Waals surface area contributed by atoms with Gasteiger partial charge in [-0.2, -0.15) is 5.10 Å². The molecule has 1 saturated heterocycles. The van der Waals surface area contributed by atoms with Crippen molar-refractivity contribution in [2.75, 3.05) is 18.0 Å². The number of hydrogen-bond acceptors (Lipinski definition) is 4. The lowest BCUT2D eigenvalue weighted by Crippen LogP contribution is -2.34. The van der Waals surface area contributed by atoms with Gasteiger partial charge in [0.25, 0.3) is 0 Å². The molecule has 1 aliphatic rings. The van der Waals surface area contributed by atoms with Crippen LogP contribution in [-0.4, -0.2) is 39.7 Å². The molecule has 0 unspecified atom stereocenters. The smallest absolute Gasteiger partial charge is 0.227 e. The van der Waals surface area contributed by atoms with Crippen molar-refractivity contribution in [3.63, 3.8) is 0 Å². The van der Waals surface area contributed by atoms with Crippen molar-refractivity contribution in [2.24, 2.45) is 5.92 Å². The van der Waals surface area contributed by atoms with E-state index in [4.69, 9.17) is 0 Å². The van der Waals surface area contributed by atoms with Crippen molar-refractivity contribution in [1.29, 1.82) is 0 Å². The van der Waals surface area contributed by atoms with E-state index in [1.54, 1.807) is 22.0 Å². The van der Waals surface area contributed by atoms with E-state index < -0.39 is 0 Å². The van der Waals surface area contributed by atoms with Crippen molar-refractivity contribution in [3.05, 3.63) is 66.1 Å². The highest BCUT2D eigenvalue weighted by atomic mass is 16.2. The fraction of sp³-hybridized carbons (Fsp3) is 0.304. The molecule has 1 aromatic carbocycles. The van der Waals surface area contributed by atoms with Gasteiger partial charge in [0.05, 0.1) is 18.2 Å². The number of anilines is 1. The predicted molar refractivity (Wildman–Crippen MR) is 115 cm³/mol. The Morgan fingerprint density at radius 2 is 1.93 bits per heavy atom. The number of nitrogens with zero attached hydrogens (tertiary/aromatic N) is 4. The van der Waals surface area contributed by atoms with Gasteiger partial charge in [-0.25, -0.2) is 0 Å². The van der Waals surface area contributed by atoms with E-state index in [0.29, 0.717) is 19.6 Å². The number of amides is 2. The molecular formula is C23H25N5O2. The normalized spacial score (nSPS) is 16.1. The molecule has 7 heteroatoms. The van der Waals surface area contributed by atoms with E-state index in [0.717, 1.165) is 22.5 Å². The summed E-state index contributed by atoms with van der Waals surface area (Å²) in [4.78, 5) is 30.8. The Bertz CT molecular complexity index is 1060. The SMILES string of the molecule is Cc1ccc(N2C[C@H](C(=O)NCCn3ccc(-c4ccncc4)n3)CC2=O)cc1C. The van der Waals surface area contributed by atoms with E-state index in [1.165, 1.54) is 5.56 Å². The number of carbonyl (C=O) groups is 2. The number of rotatable bonds is 6. The molecule has 1 fully saturated rings. The first-order chi connectivity index (χ1) is 14.5.